The zero-order valence-corrected chi connectivity index (χ0v) is 5.30. The summed E-state index contributed by atoms with van der Waals surface area (Å²) in [4.78, 5) is 0. The number of aliphatic hydroxyl groups excluding tert-OH is 1. The first kappa shape index (κ1) is 6.60. The van der Waals surface area contributed by atoms with Crippen LogP contribution in [0.1, 0.15) is 12.8 Å². The van der Waals surface area contributed by atoms with Crippen LogP contribution in [-0.4, -0.2) is 23.8 Å². The second-order valence-corrected chi connectivity index (χ2v) is 2.34. The molecule has 2 atom stereocenters. The molecule has 1 rings (SSSR count). The minimum Gasteiger partial charge on any atom is -0.392 e. The van der Waals surface area contributed by atoms with Gasteiger partial charge in [0, 0.05) is 6.04 Å². The van der Waals surface area contributed by atoms with Gasteiger partial charge in [0.1, 0.15) is 0 Å². The Morgan fingerprint density at radius 1 is 1.67 bits per heavy atom. The van der Waals surface area contributed by atoms with Gasteiger partial charge in [-0.25, -0.2) is 0 Å². The van der Waals surface area contributed by atoms with Crippen LogP contribution in [0.2, 0.25) is 0 Å². The maximum Gasteiger partial charge on any atom is 0.0694 e. The number of hydrogen-bond donors (Lipinski definition) is 2. The predicted molar refractivity (Wildman–Crippen MR) is 35.9 cm³/mol. The van der Waals surface area contributed by atoms with Crippen LogP contribution in [0.5, 0.6) is 0 Å². The standard InChI is InChI=1S/C7H11NO/c1-2-5-8-6-3-4-7(6)9/h1,6-9H,3-5H2/t6-,7-/m0/s1. The topological polar surface area (TPSA) is 32.3 Å². The van der Waals surface area contributed by atoms with Gasteiger partial charge in [0.25, 0.3) is 0 Å². The van der Waals surface area contributed by atoms with E-state index in [-0.39, 0.29) is 12.1 Å². The van der Waals surface area contributed by atoms with Crippen LogP contribution in [0.3, 0.4) is 0 Å². The third kappa shape index (κ3) is 1.44. The first-order chi connectivity index (χ1) is 4.34. The second kappa shape index (κ2) is 2.86. The lowest BCUT2D eigenvalue weighted by atomic mass is 9.89. The average Bonchev–Trinajstić information content (AvgIpc) is 1.86. The fraction of sp³-hybridized carbons (Fsp3) is 0.714. The normalized spacial score (nSPS) is 32.9. The third-order valence-corrected chi connectivity index (χ3v) is 1.70. The van der Waals surface area contributed by atoms with Crippen molar-refractivity contribution in [2.45, 2.75) is 25.0 Å². The van der Waals surface area contributed by atoms with Gasteiger partial charge < -0.3 is 10.4 Å². The molecule has 0 radical (unpaired) electrons. The Morgan fingerprint density at radius 3 is 2.78 bits per heavy atom. The molecule has 0 spiro atoms. The highest BCUT2D eigenvalue weighted by Gasteiger charge is 2.27. The Balaban J connectivity index is 2.08. The number of aliphatic hydroxyl groups is 1. The van der Waals surface area contributed by atoms with Gasteiger partial charge in [-0.2, -0.15) is 0 Å². The van der Waals surface area contributed by atoms with Gasteiger partial charge in [0.05, 0.1) is 12.6 Å². The Kier molecular flexibility index (Phi) is 2.10. The van der Waals surface area contributed by atoms with Crippen molar-refractivity contribution < 1.29 is 5.11 Å². The van der Waals surface area contributed by atoms with Gasteiger partial charge in [0.2, 0.25) is 0 Å². The van der Waals surface area contributed by atoms with Gasteiger partial charge in [-0.05, 0) is 12.8 Å². The summed E-state index contributed by atoms with van der Waals surface area (Å²) in [5, 5.41) is 12.0. The van der Waals surface area contributed by atoms with Crippen molar-refractivity contribution in [2.75, 3.05) is 6.54 Å². The highest BCUT2D eigenvalue weighted by atomic mass is 16.3. The van der Waals surface area contributed by atoms with Gasteiger partial charge in [-0.15, -0.1) is 6.42 Å². The molecule has 0 aromatic heterocycles. The summed E-state index contributed by atoms with van der Waals surface area (Å²) in [7, 11) is 0. The zero-order valence-electron chi connectivity index (χ0n) is 5.30. The number of hydrogen-bond acceptors (Lipinski definition) is 2. The molecule has 1 aliphatic rings. The van der Waals surface area contributed by atoms with Crippen LogP contribution in [-0.2, 0) is 0 Å². The number of nitrogens with one attached hydrogen (secondary N) is 1. The SMILES string of the molecule is C#CCN[C@H]1CC[C@@H]1O. The molecule has 0 unspecified atom stereocenters. The quantitative estimate of drug-likeness (QED) is 0.498. The fourth-order valence-electron chi connectivity index (χ4n) is 0.911. The zero-order chi connectivity index (χ0) is 6.69. The van der Waals surface area contributed by atoms with Crippen molar-refractivity contribution in [3.63, 3.8) is 0 Å². The van der Waals surface area contributed by atoms with E-state index in [0.29, 0.717) is 6.54 Å². The van der Waals surface area contributed by atoms with Crippen LogP contribution >= 0.6 is 0 Å². The maximum atomic E-state index is 9.00. The molecule has 2 heteroatoms. The predicted octanol–water partition coefficient (Wildman–Crippen LogP) is -0.268. The van der Waals surface area contributed by atoms with Crippen molar-refractivity contribution in [1.29, 1.82) is 0 Å². The lowest BCUT2D eigenvalue weighted by Gasteiger charge is -2.32. The third-order valence-electron chi connectivity index (χ3n) is 1.70. The summed E-state index contributed by atoms with van der Waals surface area (Å²) in [6, 6.07) is 0.265. The number of rotatable bonds is 2. The van der Waals surface area contributed by atoms with Crippen molar-refractivity contribution >= 4 is 0 Å². The summed E-state index contributed by atoms with van der Waals surface area (Å²) in [5.74, 6) is 2.47. The first-order valence-corrected chi connectivity index (χ1v) is 3.19. The smallest absolute Gasteiger partial charge is 0.0694 e. The largest absolute Gasteiger partial charge is 0.392 e. The number of terminal acetylenes is 1. The molecule has 0 amide bonds. The second-order valence-electron chi connectivity index (χ2n) is 2.34. The molecule has 1 saturated carbocycles. The van der Waals surface area contributed by atoms with Gasteiger partial charge in [0.15, 0.2) is 0 Å². The van der Waals surface area contributed by atoms with Crippen LogP contribution in [0.15, 0.2) is 0 Å². The molecule has 0 aliphatic heterocycles. The molecular weight excluding hydrogens is 114 g/mol. The van der Waals surface area contributed by atoms with Crippen LogP contribution < -0.4 is 5.32 Å². The van der Waals surface area contributed by atoms with Gasteiger partial charge in [-0.1, -0.05) is 5.92 Å². The molecule has 2 nitrogen and oxygen atoms in total. The minimum absolute atomic E-state index is 0.154. The van der Waals surface area contributed by atoms with E-state index >= 15 is 0 Å². The summed E-state index contributed by atoms with van der Waals surface area (Å²) < 4.78 is 0. The molecule has 0 heterocycles. The molecule has 50 valence electrons. The average molecular weight is 125 g/mol. The minimum atomic E-state index is -0.154. The molecule has 9 heavy (non-hydrogen) atoms. The van der Waals surface area contributed by atoms with Gasteiger partial charge >= 0.3 is 0 Å². The highest BCUT2D eigenvalue weighted by molar-refractivity contribution is 4.93. The highest BCUT2D eigenvalue weighted by Crippen LogP contribution is 2.18. The summed E-state index contributed by atoms with van der Waals surface area (Å²) in [6.45, 7) is 0.571. The molecule has 1 fully saturated rings. The van der Waals surface area contributed by atoms with Crippen LogP contribution in [0, 0.1) is 12.3 Å². The molecular formula is C7H11NO. The van der Waals surface area contributed by atoms with Gasteiger partial charge in [-0.3, -0.25) is 0 Å². The Labute approximate surface area is 55.3 Å². The molecule has 1 aliphatic carbocycles. The molecule has 0 aromatic carbocycles. The van der Waals surface area contributed by atoms with Crippen molar-refractivity contribution in [2.24, 2.45) is 0 Å². The van der Waals surface area contributed by atoms with Crippen LogP contribution in [0.25, 0.3) is 0 Å². The van der Waals surface area contributed by atoms with E-state index in [9.17, 15) is 0 Å². The van der Waals surface area contributed by atoms with Crippen LogP contribution in [0.4, 0.5) is 0 Å². The first-order valence-electron chi connectivity index (χ1n) is 3.19. The summed E-state index contributed by atoms with van der Waals surface area (Å²) in [6.07, 6.45) is 6.83. The van der Waals surface area contributed by atoms with E-state index in [1.165, 1.54) is 0 Å². The van der Waals surface area contributed by atoms with E-state index in [2.05, 4.69) is 11.2 Å². The lowest BCUT2D eigenvalue weighted by Crippen LogP contribution is -2.47. The van der Waals surface area contributed by atoms with Crippen molar-refractivity contribution in [3.8, 4) is 12.3 Å². The summed E-state index contributed by atoms with van der Waals surface area (Å²) in [5.41, 5.74) is 0. The summed E-state index contributed by atoms with van der Waals surface area (Å²) >= 11 is 0. The fourth-order valence-corrected chi connectivity index (χ4v) is 0.911. The van der Waals surface area contributed by atoms with Crippen molar-refractivity contribution in [3.05, 3.63) is 0 Å². The molecule has 0 aromatic rings. The molecule has 0 saturated heterocycles. The monoisotopic (exact) mass is 125 g/mol. The lowest BCUT2D eigenvalue weighted by molar-refractivity contribution is 0.0523. The van der Waals surface area contributed by atoms with E-state index in [0.717, 1.165) is 12.8 Å². The Morgan fingerprint density at radius 2 is 2.44 bits per heavy atom. The Hall–Kier alpha value is -0.520. The van der Waals surface area contributed by atoms with E-state index in [1.807, 2.05) is 0 Å². The van der Waals surface area contributed by atoms with E-state index < -0.39 is 0 Å². The van der Waals surface area contributed by atoms with E-state index in [4.69, 9.17) is 11.5 Å². The molecule has 0 bridgehead atoms. The van der Waals surface area contributed by atoms with E-state index in [1.54, 1.807) is 0 Å². The molecule has 2 N–H and O–H groups in total. The maximum absolute atomic E-state index is 9.00. The van der Waals surface area contributed by atoms with Crippen molar-refractivity contribution in [1.82, 2.24) is 5.32 Å². The Bertz CT molecular complexity index is 127.